The van der Waals surface area contributed by atoms with E-state index in [2.05, 4.69) is 74.7 Å². The molecule has 0 spiro atoms. The van der Waals surface area contributed by atoms with Crippen LogP contribution in [0.5, 0.6) is 0 Å². The number of carbonyl (C=O) groups is 1. The molecule has 0 heterocycles. The molecule has 0 aliphatic carbocycles. The summed E-state index contributed by atoms with van der Waals surface area (Å²) in [7, 11) is -3.82. The minimum absolute atomic E-state index is 0.0316. The molecule has 0 bridgehead atoms. The summed E-state index contributed by atoms with van der Waals surface area (Å²) in [6.07, 6.45) is 18.6. The van der Waals surface area contributed by atoms with E-state index in [0.29, 0.717) is 6.42 Å². The molecule has 35 heavy (non-hydrogen) atoms. The molecule has 0 unspecified atom stereocenters. The summed E-state index contributed by atoms with van der Waals surface area (Å²) >= 11 is 0. The maximum Gasteiger partial charge on any atom is 0.192 e. The molecular weight excluding hydrogens is 464 g/mol. The molecule has 0 aromatic carbocycles. The van der Waals surface area contributed by atoms with Gasteiger partial charge in [-0.3, -0.25) is 0 Å². The van der Waals surface area contributed by atoms with Crippen LogP contribution in [0.25, 0.3) is 0 Å². The summed E-state index contributed by atoms with van der Waals surface area (Å²) in [6.45, 7) is 25.3. The third-order valence-electron chi connectivity index (χ3n) is 8.55. The van der Waals surface area contributed by atoms with Gasteiger partial charge < -0.3 is 13.6 Å². The standard InChI is InChI=1S/C30H64O3Si2/c1-12-13-14-15-16-17-18-19-20-21-22-23-27(32-34(8,9)29(2,3)4)26-28(24-25-31)33-35(10,11)30(5,6)7/h25,27-28H,12-24,26H2,1-11H3/t27-,28-/m1/s1. The maximum atomic E-state index is 11.5. The van der Waals surface area contributed by atoms with Crippen molar-refractivity contribution in [1.29, 1.82) is 0 Å². The van der Waals surface area contributed by atoms with Crippen molar-refractivity contribution >= 4 is 22.9 Å². The lowest BCUT2D eigenvalue weighted by Crippen LogP contribution is -2.47. The summed E-state index contributed by atoms with van der Waals surface area (Å²) in [5, 5.41) is 0.322. The molecule has 0 aliphatic heterocycles. The summed E-state index contributed by atoms with van der Waals surface area (Å²) in [5.41, 5.74) is 0. The molecule has 0 saturated heterocycles. The van der Waals surface area contributed by atoms with Crippen molar-refractivity contribution in [2.24, 2.45) is 0 Å². The highest BCUT2D eigenvalue weighted by atomic mass is 28.4. The van der Waals surface area contributed by atoms with Gasteiger partial charge in [0.15, 0.2) is 16.6 Å². The predicted octanol–water partition coefficient (Wildman–Crippen LogP) is 10.4. The van der Waals surface area contributed by atoms with Gasteiger partial charge in [0, 0.05) is 12.5 Å². The van der Waals surface area contributed by atoms with Crippen LogP contribution < -0.4 is 0 Å². The lowest BCUT2D eigenvalue weighted by Gasteiger charge is -2.42. The largest absolute Gasteiger partial charge is 0.414 e. The second kappa shape index (κ2) is 16.8. The number of hydrogen-bond donors (Lipinski definition) is 0. The molecule has 2 atom stereocenters. The molecule has 0 saturated carbocycles. The van der Waals surface area contributed by atoms with Gasteiger partial charge in [-0.15, -0.1) is 0 Å². The van der Waals surface area contributed by atoms with Gasteiger partial charge in [0.25, 0.3) is 0 Å². The third-order valence-corrected chi connectivity index (χ3v) is 17.6. The zero-order valence-corrected chi connectivity index (χ0v) is 27.9. The SMILES string of the molecule is CCCCCCCCCCCCC[C@H](C[C@@H](CC=O)O[Si](C)(C)C(C)(C)C)O[Si](C)(C)C(C)(C)C. The van der Waals surface area contributed by atoms with Crippen molar-refractivity contribution < 1.29 is 13.6 Å². The molecule has 0 amide bonds. The average molecular weight is 529 g/mol. The molecule has 0 aliphatic rings. The smallest absolute Gasteiger partial charge is 0.192 e. The Bertz CT molecular complexity index is 547. The van der Waals surface area contributed by atoms with Gasteiger partial charge in [-0.25, -0.2) is 0 Å². The second-order valence-electron chi connectivity index (χ2n) is 14.0. The third kappa shape index (κ3) is 15.1. The number of rotatable bonds is 20. The van der Waals surface area contributed by atoms with E-state index in [-0.39, 0.29) is 22.3 Å². The Morgan fingerprint density at radius 3 is 1.37 bits per heavy atom. The molecule has 3 nitrogen and oxygen atoms in total. The van der Waals surface area contributed by atoms with Crippen LogP contribution in [-0.4, -0.2) is 35.1 Å². The van der Waals surface area contributed by atoms with E-state index < -0.39 is 16.6 Å². The van der Waals surface area contributed by atoms with Crippen LogP contribution in [0, 0.1) is 0 Å². The van der Waals surface area contributed by atoms with E-state index in [4.69, 9.17) is 8.85 Å². The first-order valence-electron chi connectivity index (χ1n) is 14.9. The Kier molecular flexibility index (Phi) is 16.8. The van der Waals surface area contributed by atoms with Crippen LogP contribution in [0.15, 0.2) is 0 Å². The van der Waals surface area contributed by atoms with Crippen LogP contribution in [-0.2, 0) is 13.6 Å². The van der Waals surface area contributed by atoms with Crippen LogP contribution in [0.2, 0.25) is 36.3 Å². The van der Waals surface area contributed by atoms with Crippen molar-refractivity contribution in [3.8, 4) is 0 Å². The topological polar surface area (TPSA) is 35.5 Å². The summed E-state index contributed by atoms with van der Waals surface area (Å²) in [4.78, 5) is 11.5. The first-order chi connectivity index (χ1) is 16.1. The van der Waals surface area contributed by atoms with E-state index in [9.17, 15) is 4.79 Å². The first-order valence-corrected chi connectivity index (χ1v) is 20.7. The van der Waals surface area contributed by atoms with Crippen LogP contribution in [0.3, 0.4) is 0 Å². The fourth-order valence-corrected chi connectivity index (χ4v) is 6.82. The minimum atomic E-state index is -1.94. The van der Waals surface area contributed by atoms with Gasteiger partial charge >= 0.3 is 0 Å². The molecule has 0 aromatic rings. The van der Waals surface area contributed by atoms with Crippen molar-refractivity contribution in [2.75, 3.05) is 0 Å². The molecule has 0 aromatic heterocycles. The van der Waals surface area contributed by atoms with Crippen molar-refractivity contribution in [1.82, 2.24) is 0 Å². The maximum absolute atomic E-state index is 11.5. The van der Waals surface area contributed by atoms with Gasteiger partial charge in [-0.05, 0) is 49.1 Å². The zero-order chi connectivity index (χ0) is 27.2. The lowest BCUT2D eigenvalue weighted by molar-refractivity contribution is -0.109. The number of carbonyl (C=O) groups excluding carboxylic acids is 1. The van der Waals surface area contributed by atoms with Crippen molar-refractivity contribution in [3.63, 3.8) is 0 Å². The second-order valence-corrected chi connectivity index (χ2v) is 23.5. The molecule has 0 radical (unpaired) electrons. The van der Waals surface area contributed by atoms with E-state index in [1.54, 1.807) is 0 Å². The lowest BCUT2D eigenvalue weighted by atomic mass is 10.0. The summed E-state index contributed by atoms with van der Waals surface area (Å²) in [5.74, 6) is 0. The monoisotopic (exact) mass is 528 g/mol. The molecule has 0 N–H and O–H groups in total. The highest BCUT2D eigenvalue weighted by Crippen LogP contribution is 2.40. The fourth-order valence-electron chi connectivity index (χ4n) is 4.04. The molecular formula is C30H64O3Si2. The number of hydrogen-bond acceptors (Lipinski definition) is 3. The quantitative estimate of drug-likeness (QED) is 0.0895. The van der Waals surface area contributed by atoms with Gasteiger partial charge in [-0.2, -0.15) is 0 Å². The van der Waals surface area contributed by atoms with Gasteiger partial charge in [-0.1, -0.05) is 119 Å². The normalized spacial score (nSPS) is 15.3. The zero-order valence-electron chi connectivity index (χ0n) is 25.9. The Morgan fingerprint density at radius 1 is 0.629 bits per heavy atom. The Morgan fingerprint density at radius 2 is 1.00 bits per heavy atom. The van der Waals surface area contributed by atoms with Crippen LogP contribution in [0.4, 0.5) is 0 Å². The van der Waals surface area contributed by atoms with Crippen molar-refractivity contribution in [2.45, 2.75) is 187 Å². The molecule has 0 fully saturated rings. The number of aldehydes is 1. The van der Waals surface area contributed by atoms with Gasteiger partial charge in [0.05, 0.1) is 6.10 Å². The number of unbranched alkanes of at least 4 members (excludes halogenated alkanes) is 10. The summed E-state index contributed by atoms with van der Waals surface area (Å²) in [6, 6.07) is 0. The molecule has 0 rings (SSSR count). The van der Waals surface area contributed by atoms with Crippen LogP contribution in [0.1, 0.15) is 138 Å². The summed E-state index contributed by atoms with van der Waals surface area (Å²) < 4.78 is 13.7. The van der Waals surface area contributed by atoms with E-state index >= 15 is 0 Å². The van der Waals surface area contributed by atoms with Crippen LogP contribution >= 0.6 is 0 Å². The van der Waals surface area contributed by atoms with Crippen molar-refractivity contribution in [3.05, 3.63) is 0 Å². The minimum Gasteiger partial charge on any atom is -0.414 e. The Balaban J connectivity index is 4.89. The van der Waals surface area contributed by atoms with E-state index in [1.807, 2.05) is 0 Å². The van der Waals surface area contributed by atoms with Gasteiger partial charge in [0.2, 0.25) is 0 Å². The highest BCUT2D eigenvalue weighted by Gasteiger charge is 2.42. The Labute approximate surface area is 223 Å². The molecule has 5 heteroatoms. The highest BCUT2D eigenvalue weighted by molar-refractivity contribution is 6.74. The van der Waals surface area contributed by atoms with E-state index in [1.165, 1.54) is 70.6 Å². The molecule has 210 valence electrons. The predicted molar refractivity (Wildman–Crippen MR) is 161 cm³/mol. The van der Waals surface area contributed by atoms with E-state index in [0.717, 1.165) is 19.1 Å². The average Bonchev–Trinajstić information content (AvgIpc) is 2.69. The first kappa shape index (κ1) is 35.0. The van der Waals surface area contributed by atoms with Gasteiger partial charge in [0.1, 0.15) is 6.29 Å². The fraction of sp³-hybridized carbons (Fsp3) is 0.967. The Hall–Kier alpha value is 0.0238.